The predicted molar refractivity (Wildman–Crippen MR) is 98.2 cm³/mol. The molecule has 0 spiro atoms. The summed E-state index contributed by atoms with van der Waals surface area (Å²) < 4.78 is 12.1. The largest absolute Gasteiger partial charge is 0.496 e. The van der Waals surface area contributed by atoms with Gasteiger partial charge in [0, 0.05) is 0 Å². The highest BCUT2D eigenvalue weighted by molar-refractivity contribution is 9.11. The summed E-state index contributed by atoms with van der Waals surface area (Å²) in [6.07, 6.45) is 1.46. The van der Waals surface area contributed by atoms with Gasteiger partial charge in [0.2, 0.25) is 0 Å². The van der Waals surface area contributed by atoms with Crippen molar-refractivity contribution in [3.63, 3.8) is 0 Å². The highest BCUT2D eigenvalue weighted by atomic mass is 79.9. The van der Waals surface area contributed by atoms with Gasteiger partial charge in [-0.05, 0) is 35.0 Å². The molecule has 0 radical (unpaired) electrons. The lowest BCUT2D eigenvalue weighted by molar-refractivity contribution is -0.384. The van der Waals surface area contributed by atoms with Gasteiger partial charge in [0.15, 0.2) is 3.92 Å². The number of nitro groups is 1. The zero-order chi connectivity index (χ0) is 19.6. The average Bonchev–Trinajstić information content (AvgIpc) is 3.25. The molecule has 0 aliphatic carbocycles. The summed E-state index contributed by atoms with van der Waals surface area (Å²) in [4.78, 5) is 27.3. The molecule has 0 unspecified atom stereocenters. The Morgan fingerprint density at radius 3 is 2.85 bits per heavy atom. The van der Waals surface area contributed by atoms with E-state index in [4.69, 9.17) is 9.47 Å². The van der Waals surface area contributed by atoms with Gasteiger partial charge in [0.25, 0.3) is 5.69 Å². The van der Waals surface area contributed by atoms with Crippen molar-refractivity contribution in [1.82, 2.24) is 20.0 Å². The van der Waals surface area contributed by atoms with E-state index in [2.05, 4.69) is 31.2 Å². The zero-order valence-corrected chi connectivity index (χ0v) is 16.5. The van der Waals surface area contributed by atoms with Crippen LogP contribution in [0.15, 0.2) is 28.3 Å². The van der Waals surface area contributed by atoms with E-state index in [1.807, 2.05) is 0 Å². The summed E-state index contributed by atoms with van der Waals surface area (Å²) in [5.74, 6) is -0.175. The number of carbonyl (C=O) groups is 1. The van der Waals surface area contributed by atoms with E-state index in [1.54, 1.807) is 13.0 Å². The van der Waals surface area contributed by atoms with Gasteiger partial charge in [0.1, 0.15) is 28.6 Å². The predicted octanol–water partition coefficient (Wildman–Crippen LogP) is 3.07. The monoisotopic (exact) mass is 453 g/mol. The Balaban J connectivity index is 1.76. The van der Waals surface area contributed by atoms with Crippen molar-refractivity contribution in [2.45, 2.75) is 13.5 Å². The Hall–Kier alpha value is -2.86. The molecule has 0 N–H and O–H groups in total. The van der Waals surface area contributed by atoms with Gasteiger partial charge in [-0.3, -0.25) is 10.1 Å². The van der Waals surface area contributed by atoms with Gasteiger partial charge >= 0.3 is 5.97 Å². The number of methoxy groups -OCH3 is 1. The maximum absolute atomic E-state index is 12.1. The minimum Gasteiger partial charge on any atom is -0.496 e. The molecule has 0 saturated carbocycles. The molecule has 3 aromatic rings. The smallest absolute Gasteiger partial charge is 0.350 e. The number of carbonyl (C=O) groups excluding carboxylic acids is 1. The topological polar surface area (TPSA) is 122 Å². The molecule has 0 amide bonds. The molecule has 2 heterocycles. The molecule has 2 aromatic heterocycles. The number of aromatic nitrogens is 4. The maximum atomic E-state index is 12.1. The van der Waals surface area contributed by atoms with Crippen molar-refractivity contribution in [3.05, 3.63) is 54.7 Å². The fraction of sp³-hybridized carbons (Fsp3) is 0.200. The molecular formula is C15H12BrN5O5S. The van der Waals surface area contributed by atoms with Gasteiger partial charge in [0.05, 0.1) is 30.0 Å². The number of esters is 1. The van der Waals surface area contributed by atoms with Crippen LogP contribution in [0.5, 0.6) is 5.75 Å². The second-order valence-electron chi connectivity index (χ2n) is 5.22. The maximum Gasteiger partial charge on any atom is 0.350 e. The molecule has 0 fully saturated rings. The van der Waals surface area contributed by atoms with Crippen LogP contribution in [0.1, 0.15) is 21.1 Å². The number of rotatable bonds is 6. The van der Waals surface area contributed by atoms with Crippen LogP contribution in [0.2, 0.25) is 0 Å². The lowest BCUT2D eigenvalue weighted by Crippen LogP contribution is -2.05. The molecular weight excluding hydrogens is 442 g/mol. The van der Waals surface area contributed by atoms with Crippen LogP contribution in [0.25, 0.3) is 5.69 Å². The van der Waals surface area contributed by atoms with Gasteiger partial charge in [-0.1, -0.05) is 16.6 Å². The summed E-state index contributed by atoms with van der Waals surface area (Å²) >= 11 is 4.39. The first-order chi connectivity index (χ1) is 12.9. The summed E-state index contributed by atoms with van der Waals surface area (Å²) in [5.41, 5.74) is 0.935. The first kappa shape index (κ1) is 18.9. The van der Waals surface area contributed by atoms with Crippen LogP contribution in [0.4, 0.5) is 5.69 Å². The first-order valence-corrected chi connectivity index (χ1v) is 9.04. The Bertz CT molecular complexity index is 1020. The SMILES string of the molecule is COc1ccc(-n2cc(COC(=O)c3sc(Br)nc3C)nn2)c([N+](=O)[O-])c1. The molecule has 0 aliphatic heterocycles. The average molecular weight is 454 g/mol. The van der Waals surface area contributed by atoms with E-state index < -0.39 is 10.9 Å². The number of ether oxygens (including phenoxy) is 2. The minimum atomic E-state index is -0.538. The summed E-state index contributed by atoms with van der Waals surface area (Å²) in [7, 11) is 1.42. The van der Waals surface area contributed by atoms with Crippen molar-refractivity contribution in [3.8, 4) is 11.4 Å². The van der Waals surface area contributed by atoms with E-state index >= 15 is 0 Å². The van der Waals surface area contributed by atoms with Crippen LogP contribution >= 0.6 is 27.3 Å². The number of benzene rings is 1. The van der Waals surface area contributed by atoms with Crippen molar-refractivity contribution in [1.29, 1.82) is 0 Å². The Morgan fingerprint density at radius 2 is 2.22 bits per heavy atom. The van der Waals surface area contributed by atoms with Crippen molar-refractivity contribution < 1.29 is 19.2 Å². The molecule has 0 atom stereocenters. The van der Waals surface area contributed by atoms with E-state index in [0.29, 0.717) is 25.9 Å². The second kappa shape index (κ2) is 7.80. The third-order valence-electron chi connectivity index (χ3n) is 3.47. The summed E-state index contributed by atoms with van der Waals surface area (Å²) in [6, 6.07) is 4.37. The first-order valence-electron chi connectivity index (χ1n) is 7.43. The van der Waals surface area contributed by atoms with Crippen molar-refractivity contribution in [2.24, 2.45) is 0 Å². The van der Waals surface area contributed by atoms with Gasteiger partial charge < -0.3 is 9.47 Å². The van der Waals surface area contributed by atoms with E-state index in [9.17, 15) is 14.9 Å². The van der Waals surface area contributed by atoms with Crippen LogP contribution in [-0.4, -0.2) is 38.0 Å². The fourth-order valence-corrected chi connectivity index (χ4v) is 3.65. The van der Waals surface area contributed by atoms with Gasteiger partial charge in [-0.2, -0.15) is 0 Å². The molecule has 3 rings (SSSR count). The molecule has 1 aromatic carbocycles. The van der Waals surface area contributed by atoms with Gasteiger partial charge in [-0.25, -0.2) is 14.5 Å². The molecule has 0 saturated heterocycles. The van der Waals surface area contributed by atoms with Crippen LogP contribution < -0.4 is 4.74 Å². The lowest BCUT2D eigenvalue weighted by atomic mass is 10.2. The van der Waals surface area contributed by atoms with Crippen LogP contribution in [0, 0.1) is 17.0 Å². The number of thiazole rings is 1. The third kappa shape index (κ3) is 4.11. The highest BCUT2D eigenvalue weighted by Crippen LogP contribution is 2.27. The van der Waals surface area contributed by atoms with E-state index in [0.717, 1.165) is 0 Å². The molecule has 12 heteroatoms. The number of hydrogen-bond acceptors (Lipinski definition) is 9. The number of nitrogens with zero attached hydrogens (tertiary/aromatic N) is 5. The standard InChI is InChI=1S/C15H12BrN5O5S/c1-8-13(27-15(16)17-8)14(22)26-7-9-6-20(19-18-9)11-4-3-10(25-2)5-12(11)21(23)24/h3-6H,7H2,1-2H3. The second-order valence-corrected chi connectivity index (χ2v) is 7.50. The number of halogens is 1. The summed E-state index contributed by atoms with van der Waals surface area (Å²) in [5, 5.41) is 19.0. The lowest BCUT2D eigenvalue weighted by Gasteiger charge is -2.04. The minimum absolute atomic E-state index is 0.127. The zero-order valence-electron chi connectivity index (χ0n) is 14.1. The fourth-order valence-electron chi connectivity index (χ4n) is 2.21. The Labute approximate surface area is 165 Å². The Kier molecular flexibility index (Phi) is 5.46. The van der Waals surface area contributed by atoms with Crippen molar-refractivity contribution in [2.75, 3.05) is 7.11 Å². The highest BCUT2D eigenvalue weighted by Gasteiger charge is 2.20. The van der Waals surface area contributed by atoms with Crippen LogP contribution in [0.3, 0.4) is 0 Å². The van der Waals surface area contributed by atoms with Gasteiger partial charge in [-0.15, -0.1) is 5.10 Å². The normalized spacial score (nSPS) is 10.6. The molecule has 0 bridgehead atoms. The van der Waals surface area contributed by atoms with E-state index in [1.165, 1.54) is 41.5 Å². The number of hydrogen-bond donors (Lipinski definition) is 0. The third-order valence-corrected chi connectivity index (χ3v) is 5.06. The number of nitro benzene ring substituents is 1. The summed E-state index contributed by atoms with van der Waals surface area (Å²) in [6.45, 7) is 1.58. The van der Waals surface area contributed by atoms with E-state index in [-0.39, 0.29) is 18.0 Å². The molecule has 27 heavy (non-hydrogen) atoms. The molecule has 10 nitrogen and oxygen atoms in total. The molecule has 140 valence electrons. The van der Waals surface area contributed by atoms with Crippen molar-refractivity contribution >= 4 is 38.9 Å². The Morgan fingerprint density at radius 1 is 1.44 bits per heavy atom. The molecule has 0 aliphatic rings. The van der Waals surface area contributed by atoms with Crippen LogP contribution in [-0.2, 0) is 11.3 Å². The quantitative estimate of drug-likeness (QED) is 0.316. The number of aryl methyl sites for hydroxylation is 1.